The minimum atomic E-state index is -0.517. The molecule has 2 N–H and O–H groups in total. The van der Waals surface area contributed by atoms with Gasteiger partial charge in [0.15, 0.2) is 0 Å². The molecular weight excluding hydrogens is 368 g/mol. The number of anilines is 2. The van der Waals surface area contributed by atoms with Gasteiger partial charge in [-0.3, -0.25) is 14.6 Å². The summed E-state index contributed by atoms with van der Waals surface area (Å²) in [6.45, 7) is 2.33. The number of benzene rings is 2. The predicted molar refractivity (Wildman–Crippen MR) is 109 cm³/mol. The Balaban J connectivity index is 1.78. The monoisotopic (exact) mass is 386 g/mol. The number of nitriles is 1. The smallest absolute Gasteiger partial charge is 0.274 e. The summed E-state index contributed by atoms with van der Waals surface area (Å²) in [4.78, 5) is 29.2. The van der Waals surface area contributed by atoms with E-state index in [0.29, 0.717) is 29.3 Å². The molecule has 0 aliphatic heterocycles. The van der Waals surface area contributed by atoms with Gasteiger partial charge in [-0.1, -0.05) is 24.3 Å². The number of nitrogens with one attached hydrogen (secondary N) is 2. The summed E-state index contributed by atoms with van der Waals surface area (Å²) in [5.74, 6) is -0.355. The van der Waals surface area contributed by atoms with Crippen molar-refractivity contribution in [1.82, 2.24) is 4.98 Å². The van der Waals surface area contributed by atoms with E-state index in [9.17, 15) is 9.59 Å². The number of aromatic nitrogens is 1. The van der Waals surface area contributed by atoms with E-state index in [2.05, 4.69) is 15.6 Å². The fourth-order valence-electron chi connectivity index (χ4n) is 2.62. The molecule has 2 aromatic carbocycles. The van der Waals surface area contributed by atoms with Crippen molar-refractivity contribution in [3.05, 3.63) is 83.7 Å². The lowest BCUT2D eigenvalue weighted by Gasteiger charge is -2.11. The molecule has 0 aliphatic carbocycles. The van der Waals surface area contributed by atoms with Crippen molar-refractivity contribution in [2.45, 2.75) is 6.92 Å². The fourth-order valence-corrected chi connectivity index (χ4v) is 2.62. The predicted octanol–water partition coefficient (Wildman–Crippen LogP) is 3.86. The molecule has 1 aromatic heterocycles. The number of para-hydroxylation sites is 3. The lowest BCUT2D eigenvalue weighted by molar-refractivity contribution is 0.102. The summed E-state index contributed by atoms with van der Waals surface area (Å²) in [6, 6.07) is 18.7. The first-order valence-electron chi connectivity index (χ1n) is 8.92. The highest BCUT2D eigenvalue weighted by Crippen LogP contribution is 2.24. The van der Waals surface area contributed by atoms with Gasteiger partial charge in [0.05, 0.1) is 23.5 Å². The van der Waals surface area contributed by atoms with Gasteiger partial charge in [0.2, 0.25) is 0 Å². The molecule has 0 radical (unpaired) electrons. The topological polar surface area (TPSA) is 104 Å². The van der Waals surface area contributed by atoms with E-state index >= 15 is 0 Å². The van der Waals surface area contributed by atoms with Gasteiger partial charge in [-0.05, 0) is 43.3 Å². The first-order chi connectivity index (χ1) is 14.1. The molecule has 2 amide bonds. The molecule has 0 spiro atoms. The number of hydrogen-bond acceptors (Lipinski definition) is 5. The lowest BCUT2D eigenvalue weighted by atomic mass is 10.1. The Hall–Kier alpha value is -4.18. The third kappa shape index (κ3) is 4.76. The Bertz CT molecular complexity index is 1090. The largest absolute Gasteiger partial charge is 0.492 e. The summed E-state index contributed by atoms with van der Waals surface area (Å²) < 4.78 is 5.51. The zero-order valence-corrected chi connectivity index (χ0v) is 15.7. The van der Waals surface area contributed by atoms with E-state index in [-0.39, 0.29) is 11.3 Å². The molecule has 0 atom stereocenters. The fraction of sp³-hybridized carbons (Fsp3) is 0.0909. The number of nitrogens with zero attached hydrogens (tertiary/aromatic N) is 2. The highest BCUT2D eigenvalue weighted by atomic mass is 16.5. The van der Waals surface area contributed by atoms with Crippen LogP contribution in [0.3, 0.4) is 0 Å². The molecule has 3 rings (SSSR count). The van der Waals surface area contributed by atoms with E-state index in [1.165, 1.54) is 18.3 Å². The maximum absolute atomic E-state index is 12.6. The average molecular weight is 386 g/mol. The van der Waals surface area contributed by atoms with E-state index in [1.807, 2.05) is 19.1 Å². The number of amides is 2. The van der Waals surface area contributed by atoms with Crippen molar-refractivity contribution >= 4 is 23.2 Å². The van der Waals surface area contributed by atoms with Gasteiger partial charge in [0.1, 0.15) is 17.5 Å². The number of carbonyl (C=O) groups is 2. The molecule has 144 valence electrons. The summed E-state index contributed by atoms with van der Waals surface area (Å²) >= 11 is 0. The Kier molecular flexibility index (Phi) is 6.18. The van der Waals surface area contributed by atoms with Gasteiger partial charge in [0, 0.05) is 11.8 Å². The van der Waals surface area contributed by atoms with Gasteiger partial charge in [-0.2, -0.15) is 5.26 Å². The second-order valence-corrected chi connectivity index (χ2v) is 5.92. The summed E-state index contributed by atoms with van der Waals surface area (Å²) in [6.07, 6.45) is 1.38. The quantitative estimate of drug-likeness (QED) is 0.669. The van der Waals surface area contributed by atoms with Crippen LogP contribution in [0, 0.1) is 11.3 Å². The number of carbonyl (C=O) groups excluding carboxylic acids is 2. The minimum absolute atomic E-state index is 0.0588. The van der Waals surface area contributed by atoms with Crippen molar-refractivity contribution in [1.29, 1.82) is 5.26 Å². The van der Waals surface area contributed by atoms with Crippen molar-refractivity contribution < 1.29 is 14.3 Å². The maximum atomic E-state index is 12.6. The van der Waals surface area contributed by atoms with Crippen LogP contribution < -0.4 is 15.4 Å². The molecule has 0 aliphatic rings. The number of pyridine rings is 1. The zero-order chi connectivity index (χ0) is 20.6. The highest BCUT2D eigenvalue weighted by Gasteiger charge is 2.15. The molecule has 0 saturated carbocycles. The SMILES string of the molecule is CCOc1ccccc1NC(=O)c1ccnc(C(=O)Nc2ccccc2C#N)c1. The standard InChI is InChI=1S/C22H18N4O3/c1-2-29-20-10-6-5-9-18(20)26-21(27)15-11-12-24-19(13-15)22(28)25-17-8-4-3-7-16(17)14-23/h3-13H,2H2,1H3,(H,25,28)(H,26,27). The Morgan fingerprint density at radius 3 is 2.45 bits per heavy atom. The summed E-state index contributed by atoms with van der Waals surface area (Å²) in [5.41, 5.74) is 1.57. The van der Waals surface area contributed by atoms with Crippen LogP contribution >= 0.6 is 0 Å². The van der Waals surface area contributed by atoms with E-state index < -0.39 is 11.8 Å². The molecule has 0 fully saturated rings. The highest BCUT2D eigenvalue weighted by molar-refractivity contribution is 6.08. The second kappa shape index (κ2) is 9.15. The number of ether oxygens (including phenoxy) is 1. The molecule has 7 heteroatoms. The molecule has 3 aromatic rings. The molecule has 7 nitrogen and oxygen atoms in total. The van der Waals surface area contributed by atoms with Gasteiger partial charge in [0.25, 0.3) is 11.8 Å². The van der Waals surface area contributed by atoms with Crippen LogP contribution in [0.25, 0.3) is 0 Å². The zero-order valence-electron chi connectivity index (χ0n) is 15.7. The van der Waals surface area contributed by atoms with Crippen LogP contribution in [0.15, 0.2) is 66.9 Å². The average Bonchev–Trinajstić information content (AvgIpc) is 2.75. The van der Waals surface area contributed by atoms with E-state index in [0.717, 1.165) is 0 Å². The molecule has 1 heterocycles. The van der Waals surface area contributed by atoms with Crippen molar-refractivity contribution in [3.63, 3.8) is 0 Å². The number of hydrogen-bond donors (Lipinski definition) is 2. The van der Waals surface area contributed by atoms with Crippen LogP contribution in [0.5, 0.6) is 5.75 Å². The van der Waals surface area contributed by atoms with Gasteiger partial charge in [-0.25, -0.2) is 0 Å². The normalized spacial score (nSPS) is 9.93. The first-order valence-corrected chi connectivity index (χ1v) is 8.92. The Labute approximate surface area is 168 Å². The van der Waals surface area contributed by atoms with Crippen molar-refractivity contribution in [3.8, 4) is 11.8 Å². The third-order valence-corrected chi connectivity index (χ3v) is 3.99. The van der Waals surface area contributed by atoms with Crippen LogP contribution in [-0.4, -0.2) is 23.4 Å². The summed E-state index contributed by atoms with van der Waals surface area (Å²) in [7, 11) is 0. The van der Waals surface area contributed by atoms with Crippen LogP contribution in [0.1, 0.15) is 33.3 Å². The molecule has 0 bridgehead atoms. The molecule has 0 unspecified atom stereocenters. The molecular formula is C22H18N4O3. The van der Waals surface area contributed by atoms with Gasteiger partial charge in [-0.15, -0.1) is 0 Å². The number of rotatable bonds is 6. The van der Waals surface area contributed by atoms with Crippen molar-refractivity contribution in [2.75, 3.05) is 17.2 Å². The molecule has 29 heavy (non-hydrogen) atoms. The second-order valence-electron chi connectivity index (χ2n) is 5.92. The van der Waals surface area contributed by atoms with Crippen LogP contribution in [0.2, 0.25) is 0 Å². The van der Waals surface area contributed by atoms with Crippen LogP contribution in [-0.2, 0) is 0 Å². The Morgan fingerprint density at radius 1 is 1.00 bits per heavy atom. The van der Waals surface area contributed by atoms with E-state index in [4.69, 9.17) is 10.00 Å². The van der Waals surface area contributed by atoms with Crippen LogP contribution in [0.4, 0.5) is 11.4 Å². The Morgan fingerprint density at radius 2 is 1.69 bits per heavy atom. The van der Waals surface area contributed by atoms with E-state index in [1.54, 1.807) is 42.5 Å². The minimum Gasteiger partial charge on any atom is -0.492 e. The summed E-state index contributed by atoms with van der Waals surface area (Å²) in [5, 5.41) is 14.6. The van der Waals surface area contributed by atoms with Gasteiger partial charge < -0.3 is 15.4 Å². The molecule has 0 saturated heterocycles. The first kappa shape index (κ1) is 19.6. The maximum Gasteiger partial charge on any atom is 0.274 e. The van der Waals surface area contributed by atoms with Crippen molar-refractivity contribution in [2.24, 2.45) is 0 Å². The van der Waals surface area contributed by atoms with Gasteiger partial charge >= 0.3 is 0 Å². The lowest BCUT2D eigenvalue weighted by Crippen LogP contribution is -2.17. The third-order valence-electron chi connectivity index (χ3n) is 3.99.